The van der Waals surface area contributed by atoms with E-state index in [2.05, 4.69) is 5.32 Å². The van der Waals surface area contributed by atoms with Gasteiger partial charge in [0.25, 0.3) is 11.8 Å². The monoisotopic (exact) mass is 210 g/mol. The molecule has 0 saturated carbocycles. The quantitative estimate of drug-likeness (QED) is 0.655. The lowest BCUT2D eigenvalue weighted by atomic mass is 10.3. The van der Waals surface area contributed by atoms with E-state index in [-0.39, 0.29) is 36.7 Å². The first kappa shape index (κ1) is 11.4. The molecule has 0 saturated heterocycles. The molecule has 5 heteroatoms. The van der Waals surface area contributed by atoms with Crippen LogP contribution in [-0.2, 0) is 14.4 Å². The number of carbonyl (C=O) groups excluding carboxylic acids is 3. The molecule has 0 atom stereocenters. The molecule has 5 nitrogen and oxygen atoms in total. The third-order valence-corrected chi connectivity index (χ3v) is 1.91. The highest BCUT2D eigenvalue weighted by Gasteiger charge is 2.23. The number of nitrogens with one attached hydrogen (secondary N) is 1. The summed E-state index contributed by atoms with van der Waals surface area (Å²) in [6.07, 6.45) is 2.57. The van der Waals surface area contributed by atoms with Gasteiger partial charge in [0, 0.05) is 31.2 Å². The first-order valence-electron chi connectivity index (χ1n) is 4.83. The molecule has 1 N–H and O–H groups in total. The summed E-state index contributed by atoms with van der Waals surface area (Å²) in [5.41, 5.74) is 0. The maximum absolute atomic E-state index is 11.2. The van der Waals surface area contributed by atoms with Gasteiger partial charge in [-0.3, -0.25) is 19.3 Å². The maximum Gasteiger partial charge on any atom is 0.253 e. The fourth-order valence-corrected chi connectivity index (χ4v) is 1.26. The van der Waals surface area contributed by atoms with Crippen molar-refractivity contribution in [2.75, 3.05) is 6.54 Å². The van der Waals surface area contributed by atoms with Crippen LogP contribution >= 0.6 is 0 Å². The minimum absolute atomic E-state index is 0.0700. The maximum atomic E-state index is 11.2. The molecule has 0 fully saturated rings. The summed E-state index contributed by atoms with van der Waals surface area (Å²) in [4.78, 5) is 34.5. The van der Waals surface area contributed by atoms with Crippen LogP contribution < -0.4 is 5.32 Å². The summed E-state index contributed by atoms with van der Waals surface area (Å²) in [5.74, 6) is -0.854. The third-order valence-electron chi connectivity index (χ3n) is 1.91. The molecule has 15 heavy (non-hydrogen) atoms. The fraction of sp³-hybridized carbons (Fsp3) is 0.500. The minimum atomic E-state index is -0.350. The third kappa shape index (κ3) is 3.19. The Labute approximate surface area is 88.1 Å². The Bertz CT molecular complexity index is 303. The fourth-order valence-electron chi connectivity index (χ4n) is 1.26. The number of amides is 3. The second kappa shape index (κ2) is 4.72. The molecule has 1 aliphatic rings. The van der Waals surface area contributed by atoms with Crippen LogP contribution in [0.2, 0.25) is 0 Å². The Kier molecular flexibility index (Phi) is 3.60. The summed E-state index contributed by atoms with van der Waals surface area (Å²) in [6, 6.07) is 0.0700. The topological polar surface area (TPSA) is 66.5 Å². The van der Waals surface area contributed by atoms with Gasteiger partial charge in [0.1, 0.15) is 0 Å². The van der Waals surface area contributed by atoms with Crippen LogP contribution in [0.5, 0.6) is 0 Å². The Morgan fingerprint density at radius 3 is 2.33 bits per heavy atom. The van der Waals surface area contributed by atoms with Crippen molar-refractivity contribution < 1.29 is 14.4 Å². The second-order valence-electron chi connectivity index (χ2n) is 3.63. The van der Waals surface area contributed by atoms with E-state index in [1.807, 2.05) is 13.8 Å². The number of nitrogens with zero attached hydrogens (tertiary/aromatic N) is 1. The van der Waals surface area contributed by atoms with Gasteiger partial charge in [-0.2, -0.15) is 0 Å². The number of rotatable bonds is 4. The summed E-state index contributed by atoms with van der Waals surface area (Å²) in [6.45, 7) is 3.85. The molecule has 0 radical (unpaired) electrons. The Morgan fingerprint density at radius 2 is 1.87 bits per heavy atom. The lowest BCUT2D eigenvalue weighted by molar-refractivity contribution is -0.137. The van der Waals surface area contributed by atoms with E-state index < -0.39 is 0 Å². The lowest BCUT2D eigenvalue weighted by Gasteiger charge is -2.14. The van der Waals surface area contributed by atoms with Crippen molar-refractivity contribution in [3.8, 4) is 0 Å². The van der Waals surface area contributed by atoms with Gasteiger partial charge in [-0.25, -0.2) is 0 Å². The summed E-state index contributed by atoms with van der Waals surface area (Å²) in [7, 11) is 0. The van der Waals surface area contributed by atoms with Crippen LogP contribution in [-0.4, -0.2) is 35.2 Å². The molecular formula is C10H14N2O3. The van der Waals surface area contributed by atoms with Crippen LogP contribution in [0.3, 0.4) is 0 Å². The average Bonchev–Trinajstić information content (AvgIpc) is 2.42. The molecule has 82 valence electrons. The molecule has 1 aliphatic heterocycles. The highest BCUT2D eigenvalue weighted by Crippen LogP contribution is 2.03. The summed E-state index contributed by atoms with van der Waals surface area (Å²) in [5, 5.41) is 2.69. The minimum Gasteiger partial charge on any atom is -0.354 e. The van der Waals surface area contributed by atoms with Crippen molar-refractivity contribution in [3.05, 3.63) is 12.2 Å². The highest BCUT2D eigenvalue weighted by atomic mass is 16.2. The van der Waals surface area contributed by atoms with Crippen LogP contribution in [0.25, 0.3) is 0 Å². The summed E-state index contributed by atoms with van der Waals surface area (Å²) >= 11 is 0. The predicted octanol–water partition coefficient (Wildman–Crippen LogP) is -0.174. The van der Waals surface area contributed by atoms with Crippen LogP contribution in [0.4, 0.5) is 0 Å². The number of carbonyl (C=O) groups is 3. The van der Waals surface area contributed by atoms with E-state index in [9.17, 15) is 14.4 Å². The molecule has 0 aliphatic carbocycles. The normalized spacial score (nSPS) is 15.3. The summed E-state index contributed by atoms with van der Waals surface area (Å²) < 4.78 is 0. The van der Waals surface area contributed by atoms with Gasteiger partial charge in [-0.1, -0.05) is 0 Å². The van der Waals surface area contributed by atoms with E-state index in [1.165, 1.54) is 12.2 Å². The largest absolute Gasteiger partial charge is 0.354 e. The standard InChI is InChI=1S/C10H14N2O3/c1-7(2)11-8(13)5-6-12-9(14)3-4-10(12)15/h3-4,7H,5-6H2,1-2H3,(H,11,13). The zero-order valence-corrected chi connectivity index (χ0v) is 8.82. The number of hydrogen-bond donors (Lipinski definition) is 1. The first-order chi connectivity index (χ1) is 7.00. The molecule has 0 aromatic heterocycles. The van der Waals surface area contributed by atoms with E-state index in [0.717, 1.165) is 4.90 Å². The molecule has 0 unspecified atom stereocenters. The lowest BCUT2D eigenvalue weighted by Crippen LogP contribution is -2.36. The zero-order valence-electron chi connectivity index (χ0n) is 8.82. The van der Waals surface area contributed by atoms with Crippen molar-refractivity contribution in [3.63, 3.8) is 0 Å². The van der Waals surface area contributed by atoms with Gasteiger partial charge in [0.2, 0.25) is 5.91 Å². The first-order valence-corrected chi connectivity index (χ1v) is 4.83. The Hall–Kier alpha value is -1.65. The van der Waals surface area contributed by atoms with Crippen molar-refractivity contribution >= 4 is 17.7 Å². The highest BCUT2D eigenvalue weighted by molar-refractivity contribution is 6.13. The van der Waals surface area contributed by atoms with Crippen LogP contribution in [0.15, 0.2) is 12.2 Å². The molecule has 1 heterocycles. The molecule has 3 amide bonds. The van der Waals surface area contributed by atoms with Crippen molar-refractivity contribution in [2.45, 2.75) is 26.3 Å². The molecule has 0 bridgehead atoms. The second-order valence-corrected chi connectivity index (χ2v) is 3.63. The van der Waals surface area contributed by atoms with E-state index in [4.69, 9.17) is 0 Å². The number of hydrogen-bond acceptors (Lipinski definition) is 3. The molecule has 0 aromatic carbocycles. The van der Waals surface area contributed by atoms with E-state index in [1.54, 1.807) is 0 Å². The smallest absolute Gasteiger partial charge is 0.253 e. The molecular weight excluding hydrogens is 196 g/mol. The van der Waals surface area contributed by atoms with Crippen LogP contribution in [0.1, 0.15) is 20.3 Å². The molecule has 0 aromatic rings. The van der Waals surface area contributed by atoms with Crippen molar-refractivity contribution in [1.29, 1.82) is 0 Å². The van der Waals surface area contributed by atoms with Gasteiger partial charge in [0.15, 0.2) is 0 Å². The van der Waals surface area contributed by atoms with Crippen molar-refractivity contribution in [1.82, 2.24) is 10.2 Å². The van der Waals surface area contributed by atoms with Crippen molar-refractivity contribution in [2.24, 2.45) is 0 Å². The molecule has 1 rings (SSSR count). The van der Waals surface area contributed by atoms with E-state index >= 15 is 0 Å². The van der Waals surface area contributed by atoms with Gasteiger partial charge in [0.05, 0.1) is 0 Å². The van der Waals surface area contributed by atoms with Gasteiger partial charge in [-0.05, 0) is 13.8 Å². The van der Waals surface area contributed by atoms with E-state index in [0.29, 0.717) is 0 Å². The Morgan fingerprint density at radius 1 is 1.33 bits per heavy atom. The predicted molar refractivity (Wildman–Crippen MR) is 53.8 cm³/mol. The SMILES string of the molecule is CC(C)NC(=O)CCN1C(=O)C=CC1=O. The molecule has 0 spiro atoms. The van der Waals surface area contributed by atoms with Crippen LogP contribution in [0, 0.1) is 0 Å². The Balaban J connectivity index is 2.35. The number of imide groups is 1. The zero-order chi connectivity index (χ0) is 11.4. The van der Waals surface area contributed by atoms with Gasteiger partial charge in [-0.15, -0.1) is 0 Å². The van der Waals surface area contributed by atoms with Gasteiger partial charge < -0.3 is 5.32 Å². The average molecular weight is 210 g/mol. The van der Waals surface area contributed by atoms with Gasteiger partial charge >= 0.3 is 0 Å².